The van der Waals surface area contributed by atoms with E-state index in [0.29, 0.717) is 17.3 Å². The molecule has 32 heavy (non-hydrogen) atoms. The topological polar surface area (TPSA) is 58.2 Å². The molecule has 1 aromatic heterocycles. The largest absolute Gasteiger partial charge is 0.494 e. The number of carbonyl (C=O) groups is 1. The first kappa shape index (κ1) is 20.8. The van der Waals surface area contributed by atoms with E-state index in [0.717, 1.165) is 38.3 Å². The lowest BCUT2D eigenvalue weighted by Gasteiger charge is -2.27. The van der Waals surface area contributed by atoms with Gasteiger partial charge in [-0.05, 0) is 67.1 Å². The Kier molecular flexibility index (Phi) is 5.49. The van der Waals surface area contributed by atoms with Gasteiger partial charge in [0.05, 0.1) is 18.3 Å². The molecule has 160 valence electrons. The van der Waals surface area contributed by atoms with Crippen molar-refractivity contribution in [1.82, 2.24) is 10.2 Å². The predicted octanol–water partition coefficient (Wildman–Crippen LogP) is 6.64. The molecule has 5 rings (SSSR count). The van der Waals surface area contributed by atoms with Crippen molar-refractivity contribution in [3.05, 3.63) is 99.1 Å². The lowest BCUT2D eigenvalue weighted by Crippen LogP contribution is -2.29. The fraction of sp³-hybridized carbons (Fsp3) is 0.120. The highest BCUT2D eigenvalue weighted by molar-refractivity contribution is 9.10. The summed E-state index contributed by atoms with van der Waals surface area (Å²) >= 11 is 10.1. The van der Waals surface area contributed by atoms with Gasteiger partial charge in [0, 0.05) is 26.3 Å². The molecule has 0 unspecified atom stereocenters. The molecule has 0 saturated heterocycles. The van der Waals surface area contributed by atoms with Crippen LogP contribution in [0.2, 0.25) is 5.02 Å². The van der Waals surface area contributed by atoms with Crippen molar-refractivity contribution < 1.29 is 9.53 Å². The number of hydrogen-bond acceptors (Lipinski definition) is 3. The third kappa shape index (κ3) is 3.49. The number of H-pyrrole nitrogens is 1. The van der Waals surface area contributed by atoms with Crippen LogP contribution in [0.15, 0.2) is 77.3 Å². The number of rotatable bonds is 5. The summed E-state index contributed by atoms with van der Waals surface area (Å²) in [7, 11) is 0. The number of nitrogens with zero attached hydrogens (tertiary/aromatic N) is 2. The molecule has 0 aliphatic carbocycles. The summed E-state index contributed by atoms with van der Waals surface area (Å²) in [6, 6.07) is 22.6. The molecule has 4 aromatic rings. The highest BCUT2D eigenvalue weighted by Crippen LogP contribution is 2.46. The van der Waals surface area contributed by atoms with Gasteiger partial charge in [-0.3, -0.25) is 14.8 Å². The van der Waals surface area contributed by atoms with Crippen LogP contribution in [0.5, 0.6) is 5.75 Å². The first-order valence-electron chi connectivity index (χ1n) is 10.2. The first-order chi connectivity index (χ1) is 15.6. The lowest BCUT2D eigenvalue weighted by atomic mass is 9.95. The minimum absolute atomic E-state index is 0.142. The van der Waals surface area contributed by atoms with Gasteiger partial charge in [-0.1, -0.05) is 45.7 Å². The van der Waals surface area contributed by atoms with Crippen molar-refractivity contribution in [3.63, 3.8) is 0 Å². The van der Waals surface area contributed by atoms with Crippen LogP contribution in [0.25, 0.3) is 11.3 Å². The molecule has 0 fully saturated rings. The van der Waals surface area contributed by atoms with Crippen LogP contribution in [-0.4, -0.2) is 22.7 Å². The summed E-state index contributed by atoms with van der Waals surface area (Å²) in [6.45, 7) is 2.55. The van der Waals surface area contributed by atoms with Gasteiger partial charge in [0.15, 0.2) is 0 Å². The Hall–Kier alpha value is -3.09. The molecule has 5 nitrogen and oxygen atoms in total. The molecule has 1 N–H and O–H groups in total. The zero-order chi connectivity index (χ0) is 22.2. The maximum Gasteiger partial charge on any atom is 0.277 e. The van der Waals surface area contributed by atoms with Gasteiger partial charge in [0.25, 0.3) is 5.91 Å². The number of benzene rings is 3. The van der Waals surface area contributed by atoms with Crippen LogP contribution < -0.4 is 9.64 Å². The first-order valence-corrected chi connectivity index (χ1v) is 11.4. The van der Waals surface area contributed by atoms with Crippen molar-refractivity contribution in [2.45, 2.75) is 13.0 Å². The van der Waals surface area contributed by atoms with Crippen LogP contribution >= 0.6 is 27.5 Å². The zero-order valence-corrected chi connectivity index (χ0v) is 19.5. The summed E-state index contributed by atoms with van der Waals surface area (Å²) in [5.41, 5.74) is 4.54. The van der Waals surface area contributed by atoms with E-state index in [4.69, 9.17) is 16.3 Å². The maximum absolute atomic E-state index is 13.5. The van der Waals surface area contributed by atoms with Gasteiger partial charge in [-0.2, -0.15) is 5.10 Å². The van der Waals surface area contributed by atoms with Crippen molar-refractivity contribution >= 4 is 39.1 Å². The molecule has 0 bridgehead atoms. The molecular formula is C25H19BrClN3O2. The molecule has 7 heteroatoms. The number of carbonyl (C=O) groups excluding carboxylic acids is 1. The van der Waals surface area contributed by atoms with E-state index in [2.05, 4.69) is 26.1 Å². The Balaban J connectivity index is 1.68. The third-order valence-electron chi connectivity index (χ3n) is 5.51. The molecule has 1 atom stereocenters. The van der Waals surface area contributed by atoms with Gasteiger partial charge < -0.3 is 4.74 Å². The SMILES string of the molecule is CCOc1ccc(-c2n[nH]c3c2[C@H](c2ccccc2Cl)N(c2ccc(Br)cc2)C3=O)cc1. The number of fused-ring (bicyclic) bond motifs is 1. The minimum atomic E-state index is -0.410. The van der Waals surface area contributed by atoms with Crippen LogP contribution in [0.3, 0.4) is 0 Å². The fourth-order valence-electron chi connectivity index (χ4n) is 4.10. The van der Waals surface area contributed by atoms with Gasteiger partial charge in [0.1, 0.15) is 11.4 Å². The number of ether oxygens (including phenoxy) is 1. The summed E-state index contributed by atoms with van der Waals surface area (Å²) in [6.07, 6.45) is 0. The molecule has 1 aliphatic heterocycles. The lowest BCUT2D eigenvalue weighted by molar-refractivity contribution is 0.0989. The van der Waals surface area contributed by atoms with E-state index in [-0.39, 0.29) is 5.91 Å². The van der Waals surface area contributed by atoms with Crippen molar-refractivity contribution in [2.75, 3.05) is 11.5 Å². The van der Waals surface area contributed by atoms with Crippen molar-refractivity contribution in [1.29, 1.82) is 0 Å². The minimum Gasteiger partial charge on any atom is -0.494 e. The van der Waals surface area contributed by atoms with Crippen molar-refractivity contribution in [2.24, 2.45) is 0 Å². The summed E-state index contributed by atoms with van der Waals surface area (Å²) in [5, 5.41) is 8.09. The van der Waals surface area contributed by atoms with E-state index < -0.39 is 6.04 Å². The average Bonchev–Trinajstić information content (AvgIpc) is 3.35. The molecule has 0 saturated carbocycles. The second-order valence-corrected chi connectivity index (χ2v) is 8.72. The van der Waals surface area contributed by atoms with E-state index >= 15 is 0 Å². The number of anilines is 1. The third-order valence-corrected chi connectivity index (χ3v) is 6.38. The zero-order valence-electron chi connectivity index (χ0n) is 17.2. The standard InChI is InChI=1S/C25H19BrClN3O2/c1-2-32-18-13-7-15(8-14-18)22-21-23(29-28-22)25(31)30(17-11-9-16(26)10-12-17)24(21)19-5-3-4-6-20(19)27/h3-14,24H,2H2,1H3,(H,28,29)/t24-/m0/s1. The molecule has 2 heterocycles. The Morgan fingerprint density at radius 2 is 1.78 bits per heavy atom. The Morgan fingerprint density at radius 3 is 2.47 bits per heavy atom. The Morgan fingerprint density at radius 1 is 1.06 bits per heavy atom. The fourth-order valence-corrected chi connectivity index (χ4v) is 4.61. The molecule has 0 radical (unpaired) electrons. The van der Waals surface area contributed by atoms with Crippen LogP contribution in [0, 0.1) is 0 Å². The predicted molar refractivity (Wildman–Crippen MR) is 129 cm³/mol. The number of halogens is 2. The number of nitrogens with one attached hydrogen (secondary N) is 1. The Bertz CT molecular complexity index is 1290. The molecule has 0 spiro atoms. The van der Waals surface area contributed by atoms with E-state index in [1.54, 1.807) is 4.90 Å². The summed E-state index contributed by atoms with van der Waals surface area (Å²) < 4.78 is 6.51. The molecule has 1 aliphatic rings. The maximum atomic E-state index is 13.5. The van der Waals surface area contributed by atoms with Gasteiger partial charge in [-0.15, -0.1) is 0 Å². The highest BCUT2D eigenvalue weighted by Gasteiger charge is 2.43. The molecule has 1 amide bonds. The highest BCUT2D eigenvalue weighted by atomic mass is 79.9. The van der Waals surface area contributed by atoms with E-state index in [9.17, 15) is 4.79 Å². The monoisotopic (exact) mass is 507 g/mol. The normalized spacial score (nSPS) is 15.2. The molecule has 3 aromatic carbocycles. The van der Waals surface area contributed by atoms with Gasteiger partial charge in [0.2, 0.25) is 0 Å². The number of amides is 1. The summed E-state index contributed by atoms with van der Waals surface area (Å²) in [5.74, 6) is 0.649. The second kappa shape index (κ2) is 8.45. The van der Waals surface area contributed by atoms with Gasteiger partial charge in [-0.25, -0.2) is 0 Å². The van der Waals surface area contributed by atoms with Crippen LogP contribution in [0.1, 0.15) is 34.6 Å². The number of aromatic nitrogens is 2. The number of aromatic amines is 1. The van der Waals surface area contributed by atoms with Crippen LogP contribution in [-0.2, 0) is 0 Å². The molecular weight excluding hydrogens is 490 g/mol. The number of hydrogen-bond donors (Lipinski definition) is 1. The van der Waals surface area contributed by atoms with E-state index in [1.165, 1.54) is 0 Å². The second-order valence-electron chi connectivity index (χ2n) is 7.39. The van der Waals surface area contributed by atoms with Gasteiger partial charge >= 0.3 is 0 Å². The van der Waals surface area contributed by atoms with E-state index in [1.807, 2.05) is 79.7 Å². The van der Waals surface area contributed by atoms with Crippen molar-refractivity contribution in [3.8, 4) is 17.0 Å². The average molecular weight is 509 g/mol. The smallest absolute Gasteiger partial charge is 0.277 e. The quantitative estimate of drug-likeness (QED) is 0.329. The van der Waals surface area contributed by atoms with Crippen LogP contribution in [0.4, 0.5) is 5.69 Å². The Labute approximate surface area is 199 Å². The summed E-state index contributed by atoms with van der Waals surface area (Å²) in [4.78, 5) is 15.3.